The van der Waals surface area contributed by atoms with Crippen LogP contribution in [0.2, 0.25) is 10.0 Å². The zero-order valence-electron chi connectivity index (χ0n) is 12.7. The minimum Gasteiger partial charge on any atom is -0.459 e. The molecule has 1 aliphatic carbocycles. The molecule has 24 heavy (non-hydrogen) atoms. The van der Waals surface area contributed by atoms with Gasteiger partial charge in [-0.15, -0.1) is 0 Å². The number of nitrogens with zero attached hydrogens (tertiary/aromatic N) is 1. The highest BCUT2D eigenvalue weighted by Gasteiger charge is 2.47. The van der Waals surface area contributed by atoms with Crippen LogP contribution in [-0.4, -0.2) is 29.2 Å². The highest BCUT2D eigenvalue weighted by atomic mass is 35.5. The van der Waals surface area contributed by atoms with Crippen molar-refractivity contribution < 1.29 is 19.1 Å². The van der Waals surface area contributed by atoms with Gasteiger partial charge in [0.15, 0.2) is 0 Å². The molecule has 1 aromatic rings. The van der Waals surface area contributed by atoms with Crippen LogP contribution in [0, 0.1) is 11.8 Å². The van der Waals surface area contributed by atoms with Gasteiger partial charge in [0.25, 0.3) is 0 Å². The molecule has 2 aliphatic rings. The molecule has 0 bridgehead atoms. The highest BCUT2D eigenvalue weighted by molar-refractivity contribution is 6.42. The Kier molecular flexibility index (Phi) is 4.92. The molecule has 1 heterocycles. The number of carbonyl (C=O) groups excluding carboxylic acids is 3. The second-order valence-electron chi connectivity index (χ2n) is 5.83. The van der Waals surface area contributed by atoms with Crippen LogP contribution >= 0.6 is 23.2 Å². The standard InChI is InChI=1S/C17H15Cl2NO4/c18-13-6-5-10(7-14(13)19)9-24-15(21)8-20-16(22)11-3-1-2-4-12(11)17(20)23/h1-2,5-7,11-12H,3-4,8-9H2/t11-,12-/m1/s1. The van der Waals surface area contributed by atoms with Crippen molar-refractivity contribution in [1.82, 2.24) is 4.90 Å². The van der Waals surface area contributed by atoms with Crippen molar-refractivity contribution in [2.24, 2.45) is 11.8 Å². The molecular weight excluding hydrogens is 353 g/mol. The fourth-order valence-electron chi connectivity index (χ4n) is 2.99. The number of carbonyl (C=O) groups is 3. The summed E-state index contributed by atoms with van der Waals surface area (Å²) in [5.41, 5.74) is 0.676. The minimum absolute atomic E-state index is 0.000353. The predicted octanol–water partition coefficient (Wildman–Crippen LogP) is 2.99. The van der Waals surface area contributed by atoms with Crippen molar-refractivity contribution in [2.45, 2.75) is 19.4 Å². The lowest BCUT2D eigenvalue weighted by molar-refractivity contribution is -0.153. The topological polar surface area (TPSA) is 63.7 Å². The number of amides is 2. The summed E-state index contributed by atoms with van der Waals surface area (Å²) < 4.78 is 5.13. The number of imide groups is 1. The molecule has 5 nitrogen and oxygen atoms in total. The molecule has 2 amide bonds. The molecule has 1 aromatic carbocycles. The SMILES string of the molecule is O=C(CN1C(=O)[C@@H]2CC=CC[C@H]2C1=O)OCc1ccc(Cl)c(Cl)c1. The lowest BCUT2D eigenvalue weighted by Gasteiger charge is -2.14. The van der Waals surface area contributed by atoms with Gasteiger partial charge < -0.3 is 4.74 Å². The average Bonchev–Trinajstić information content (AvgIpc) is 2.81. The second-order valence-corrected chi connectivity index (χ2v) is 6.64. The van der Waals surface area contributed by atoms with Crippen LogP contribution in [0.25, 0.3) is 0 Å². The summed E-state index contributed by atoms with van der Waals surface area (Å²) in [6.45, 7) is -0.355. The summed E-state index contributed by atoms with van der Waals surface area (Å²) in [7, 11) is 0. The van der Waals surface area contributed by atoms with Crippen LogP contribution in [0.5, 0.6) is 0 Å². The first kappa shape index (κ1) is 17.0. The number of hydrogen-bond acceptors (Lipinski definition) is 4. The van der Waals surface area contributed by atoms with Crippen LogP contribution < -0.4 is 0 Å². The van der Waals surface area contributed by atoms with E-state index in [1.165, 1.54) is 0 Å². The number of allylic oxidation sites excluding steroid dienone is 2. The lowest BCUT2D eigenvalue weighted by atomic mass is 9.85. The molecule has 7 heteroatoms. The van der Waals surface area contributed by atoms with Gasteiger partial charge >= 0.3 is 5.97 Å². The van der Waals surface area contributed by atoms with Crippen LogP contribution in [0.3, 0.4) is 0 Å². The first-order valence-corrected chi connectivity index (χ1v) is 8.32. The van der Waals surface area contributed by atoms with E-state index in [2.05, 4.69) is 0 Å². The molecule has 126 valence electrons. The molecule has 0 saturated carbocycles. The van der Waals surface area contributed by atoms with E-state index in [1.807, 2.05) is 12.2 Å². The highest BCUT2D eigenvalue weighted by Crippen LogP contribution is 2.34. The van der Waals surface area contributed by atoms with E-state index < -0.39 is 5.97 Å². The molecule has 0 N–H and O–H groups in total. The van der Waals surface area contributed by atoms with Gasteiger partial charge in [-0.25, -0.2) is 0 Å². The minimum atomic E-state index is -0.630. The van der Waals surface area contributed by atoms with E-state index in [0.29, 0.717) is 28.5 Å². The number of benzene rings is 1. The van der Waals surface area contributed by atoms with E-state index in [-0.39, 0.29) is 36.8 Å². The quantitative estimate of drug-likeness (QED) is 0.466. The summed E-state index contributed by atoms with van der Waals surface area (Å²) >= 11 is 11.7. The smallest absolute Gasteiger partial charge is 0.326 e. The van der Waals surface area contributed by atoms with Crippen molar-refractivity contribution in [2.75, 3.05) is 6.54 Å². The van der Waals surface area contributed by atoms with Gasteiger partial charge in [-0.1, -0.05) is 41.4 Å². The van der Waals surface area contributed by atoms with Gasteiger partial charge in [-0.3, -0.25) is 19.3 Å². The molecule has 2 atom stereocenters. The predicted molar refractivity (Wildman–Crippen MR) is 88.3 cm³/mol. The Labute approximate surface area is 149 Å². The third-order valence-corrected chi connectivity index (χ3v) is 5.01. The Bertz CT molecular complexity index is 705. The number of rotatable bonds is 4. The Morgan fingerprint density at radius 2 is 1.71 bits per heavy atom. The molecule has 1 saturated heterocycles. The van der Waals surface area contributed by atoms with Crippen LogP contribution in [0.1, 0.15) is 18.4 Å². The molecular formula is C17H15Cl2NO4. The molecule has 0 aromatic heterocycles. The first-order chi connectivity index (χ1) is 11.5. The molecule has 1 aliphatic heterocycles. The van der Waals surface area contributed by atoms with Gasteiger partial charge in [-0.2, -0.15) is 0 Å². The van der Waals surface area contributed by atoms with Gasteiger partial charge in [-0.05, 0) is 30.5 Å². The number of likely N-dealkylation sites (tertiary alicyclic amines) is 1. The van der Waals surface area contributed by atoms with Gasteiger partial charge in [0.05, 0.1) is 21.9 Å². The van der Waals surface area contributed by atoms with Crippen LogP contribution in [-0.2, 0) is 25.7 Å². The molecule has 0 spiro atoms. The Morgan fingerprint density at radius 3 is 2.29 bits per heavy atom. The van der Waals surface area contributed by atoms with E-state index in [4.69, 9.17) is 27.9 Å². The Morgan fingerprint density at radius 1 is 1.08 bits per heavy atom. The number of esters is 1. The molecule has 3 rings (SSSR count). The normalized spacial score (nSPS) is 22.7. The van der Waals surface area contributed by atoms with E-state index in [9.17, 15) is 14.4 Å². The largest absolute Gasteiger partial charge is 0.459 e. The Balaban J connectivity index is 1.58. The molecule has 0 unspecified atom stereocenters. The number of fused-ring (bicyclic) bond motifs is 1. The van der Waals surface area contributed by atoms with E-state index in [1.54, 1.807) is 18.2 Å². The summed E-state index contributed by atoms with van der Waals surface area (Å²) in [6, 6.07) is 4.90. The van der Waals surface area contributed by atoms with Crippen molar-refractivity contribution in [3.8, 4) is 0 Å². The van der Waals surface area contributed by atoms with Crippen LogP contribution in [0.4, 0.5) is 0 Å². The van der Waals surface area contributed by atoms with Crippen LogP contribution in [0.15, 0.2) is 30.4 Å². The van der Waals surface area contributed by atoms with Crippen molar-refractivity contribution in [3.63, 3.8) is 0 Å². The fraction of sp³-hybridized carbons (Fsp3) is 0.353. The number of halogens is 2. The first-order valence-electron chi connectivity index (χ1n) is 7.57. The van der Waals surface area contributed by atoms with Gasteiger partial charge in [0.1, 0.15) is 13.2 Å². The molecule has 1 fully saturated rings. The zero-order valence-corrected chi connectivity index (χ0v) is 14.2. The van der Waals surface area contributed by atoms with E-state index in [0.717, 1.165) is 4.90 Å². The zero-order chi connectivity index (χ0) is 17.3. The maximum Gasteiger partial charge on any atom is 0.326 e. The average molecular weight is 368 g/mol. The third-order valence-electron chi connectivity index (χ3n) is 4.27. The number of ether oxygens (including phenoxy) is 1. The summed E-state index contributed by atoms with van der Waals surface area (Å²) in [5.74, 6) is -1.90. The Hall–Kier alpha value is -1.85. The van der Waals surface area contributed by atoms with Gasteiger partial charge in [0.2, 0.25) is 11.8 Å². The lowest BCUT2D eigenvalue weighted by Crippen LogP contribution is -2.36. The van der Waals surface area contributed by atoms with Crippen molar-refractivity contribution in [3.05, 3.63) is 46.0 Å². The third kappa shape index (κ3) is 3.32. The van der Waals surface area contributed by atoms with Gasteiger partial charge in [0, 0.05) is 0 Å². The monoisotopic (exact) mass is 367 g/mol. The summed E-state index contributed by atoms with van der Waals surface area (Å²) in [6.07, 6.45) is 4.89. The maximum atomic E-state index is 12.3. The summed E-state index contributed by atoms with van der Waals surface area (Å²) in [4.78, 5) is 37.5. The fourth-order valence-corrected chi connectivity index (χ4v) is 3.31. The number of hydrogen-bond donors (Lipinski definition) is 0. The maximum absolute atomic E-state index is 12.3. The van der Waals surface area contributed by atoms with E-state index >= 15 is 0 Å². The summed E-state index contributed by atoms with van der Waals surface area (Å²) in [5, 5.41) is 0.780. The second kappa shape index (κ2) is 6.95. The molecule has 0 radical (unpaired) electrons. The van der Waals surface area contributed by atoms with Crippen molar-refractivity contribution in [1.29, 1.82) is 0 Å². The van der Waals surface area contributed by atoms with Crippen molar-refractivity contribution >= 4 is 41.0 Å².